The van der Waals surface area contributed by atoms with Gasteiger partial charge in [-0.05, 0) is 30.4 Å². The summed E-state index contributed by atoms with van der Waals surface area (Å²) in [5, 5.41) is 9.20. The van der Waals surface area contributed by atoms with Crippen LogP contribution in [0.15, 0.2) is 23.6 Å². The number of aromatic amines is 1. The van der Waals surface area contributed by atoms with Gasteiger partial charge in [0.1, 0.15) is 0 Å². The third-order valence-electron chi connectivity index (χ3n) is 5.68. The summed E-state index contributed by atoms with van der Waals surface area (Å²) < 4.78 is 5.10. The summed E-state index contributed by atoms with van der Waals surface area (Å²) in [5.74, 6) is 0.139. The molecule has 2 amide bonds. The average Bonchev–Trinajstić information content (AvgIpc) is 3.45. The first-order valence-corrected chi connectivity index (χ1v) is 11.0. The first kappa shape index (κ1) is 20.1. The molecule has 1 atom stereocenters. The second-order valence-corrected chi connectivity index (χ2v) is 8.40. The van der Waals surface area contributed by atoms with Crippen LogP contribution >= 0.6 is 11.3 Å². The van der Waals surface area contributed by atoms with Gasteiger partial charge < -0.3 is 14.5 Å². The summed E-state index contributed by atoms with van der Waals surface area (Å²) in [6.07, 6.45) is 1.70. The zero-order valence-electron chi connectivity index (χ0n) is 16.7. The smallest absolute Gasteiger partial charge is 0.274 e. The normalized spacial score (nSPS) is 21.0. The Hall–Kier alpha value is -2.23. The molecule has 2 aromatic rings. The first-order chi connectivity index (χ1) is 14.2. The summed E-state index contributed by atoms with van der Waals surface area (Å²) in [4.78, 5) is 32.7. The van der Waals surface area contributed by atoms with Crippen LogP contribution in [0, 0.1) is 0 Å². The van der Waals surface area contributed by atoms with Crippen molar-refractivity contribution in [2.24, 2.45) is 0 Å². The molecule has 4 heterocycles. The molecule has 2 aromatic heterocycles. The van der Waals surface area contributed by atoms with Gasteiger partial charge in [-0.25, -0.2) is 0 Å². The van der Waals surface area contributed by atoms with Gasteiger partial charge in [0.2, 0.25) is 5.91 Å². The van der Waals surface area contributed by atoms with Crippen molar-refractivity contribution in [2.45, 2.75) is 18.9 Å². The largest absolute Gasteiger partial charge is 0.383 e. The van der Waals surface area contributed by atoms with Gasteiger partial charge in [0.25, 0.3) is 5.91 Å². The Balaban J connectivity index is 1.35. The minimum absolute atomic E-state index is 0.0506. The number of carbonyl (C=O) groups excluding carboxylic acids is 2. The fourth-order valence-electron chi connectivity index (χ4n) is 4.09. The van der Waals surface area contributed by atoms with Crippen molar-refractivity contribution in [3.8, 4) is 10.6 Å². The Bertz CT molecular complexity index is 837. The van der Waals surface area contributed by atoms with Crippen LogP contribution in [0.1, 0.15) is 23.3 Å². The van der Waals surface area contributed by atoms with E-state index in [0.29, 0.717) is 38.5 Å². The van der Waals surface area contributed by atoms with Gasteiger partial charge in [0.15, 0.2) is 5.69 Å². The van der Waals surface area contributed by atoms with E-state index in [9.17, 15) is 9.59 Å². The van der Waals surface area contributed by atoms with Crippen LogP contribution in [0.5, 0.6) is 0 Å². The zero-order chi connectivity index (χ0) is 20.2. The van der Waals surface area contributed by atoms with E-state index < -0.39 is 0 Å². The van der Waals surface area contributed by atoms with Crippen LogP contribution in [0.4, 0.5) is 0 Å². The molecular weight excluding hydrogens is 390 g/mol. The number of thiophene rings is 1. The van der Waals surface area contributed by atoms with Crippen molar-refractivity contribution < 1.29 is 14.3 Å². The number of nitrogens with zero attached hydrogens (tertiary/aromatic N) is 4. The predicted molar refractivity (Wildman–Crippen MR) is 111 cm³/mol. The third-order valence-corrected chi connectivity index (χ3v) is 6.58. The SMILES string of the molecule is COCCN1CCC(N2CCCN(C(=O)c3cc(-c4cccs4)[nH]n3)CC2)C1=O. The maximum Gasteiger partial charge on any atom is 0.274 e. The summed E-state index contributed by atoms with van der Waals surface area (Å²) in [6.45, 7) is 4.84. The van der Waals surface area contributed by atoms with Gasteiger partial charge in [-0.3, -0.25) is 19.6 Å². The molecule has 0 saturated carbocycles. The van der Waals surface area contributed by atoms with E-state index >= 15 is 0 Å². The molecule has 9 heteroatoms. The Morgan fingerprint density at radius 1 is 1.31 bits per heavy atom. The summed E-state index contributed by atoms with van der Waals surface area (Å²) in [6, 6.07) is 5.74. The minimum Gasteiger partial charge on any atom is -0.383 e. The molecule has 0 radical (unpaired) electrons. The van der Waals surface area contributed by atoms with Crippen LogP contribution in [0.2, 0.25) is 0 Å². The second-order valence-electron chi connectivity index (χ2n) is 7.45. The molecule has 0 spiro atoms. The highest BCUT2D eigenvalue weighted by Crippen LogP contribution is 2.24. The number of hydrogen-bond donors (Lipinski definition) is 1. The lowest BCUT2D eigenvalue weighted by Gasteiger charge is -2.26. The third kappa shape index (κ3) is 4.36. The number of ether oxygens (including phenoxy) is 1. The molecule has 8 nitrogen and oxygen atoms in total. The van der Waals surface area contributed by atoms with Crippen LogP contribution in [0.3, 0.4) is 0 Å². The van der Waals surface area contributed by atoms with E-state index in [1.165, 1.54) is 0 Å². The lowest BCUT2D eigenvalue weighted by Crippen LogP contribution is -2.44. The van der Waals surface area contributed by atoms with E-state index in [2.05, 4.69) is 15.1 Å². The van der Waals surface area contributed by atoms with Crippen molar-refractivity contribution in [1.29, 1.82) is 0 Å². The van der Waals surface area contributed by atoms with Gasteiger partial charge in [0, 0.05) is 46.4 Å². The number of nitrogens with one attached hydrogen (secondary N) is 1. The number of hydrogen-bond acceptors (Lipinski definition) is 6. The van der Waals surface area contributed by atoms with Crippen molar-refractivity contribution in [1.82, 2.24) is 24.9 Å². The maximum atomic E-state index is 12.9. The molecule has 0 aliphatic carbocycles. The van der Waals surface area contributed by atoms with Crippen molar-refractivity contribution in [3.63, 3.8) is 0 Å². The molecule has 0 bridgehead atoms. The highest BCUT2D eigenvalue weighted by Gasteiger charge is 2.36. The first-order valence-electron chi connectivity index (χ1n) is 10.1. The maximum absolute atomic E-state index is 12.9. The molecule has 29 heavy (non-hydrogen) atoms. The number of methoxy groups -OCH3 is 1. The van der Waals surface area contributed by atoms with Crippen LogP contribution in [0.25, 0.3) is 10.6 Å². The number of likely N-dealkylation sites (tertiary alicyclic amines) is 1. The van der Waals surface area contributed by atoms with E-state index in [-0.39, 0.29) is 17.9 Å². The molecule has 2 fully saturated rings. The topological polar surface area (TPSA) is 81.8 Å². The van der Waals surface area contributed by atoms with Crippen LogP contribution < -0.4 is 0 Å². The Kier molecular flexibility index (Phi) is 6.27. The molecule has 2 aliphatic heterocycles. The predicted octanol–water partition coefficient (Wildman–Crippen LogP) is 1.53. The highest BCUT2D eigenvalue weighted by atomic mass is 32.1. The van der Waals surface area contributed by atoms with E-state index in [0.717, 1.165) is 36.5 Å². The van der Waals surface area contributed by atoms with Gasteiger partial charge in [-0.2, -0.15) is 5.10 Å². The number of carbonyl (C=O) groups is 2. The average molecular weight is 418 g/mol. The second kappa shape index (κ2) is 9.06. The fraction of sp³-hybridized carbons (Fsp3) is 0.550. The molecule has 4 rings (SSSR count). The zero-order valence-corrected chi connectivity index (χ0v) is 17.5. The monoisotopic (exact) mass is 417 g/mol. The Morgan fingerprint density at radius 2 is 2.21 bits per heavy atom. The quantitative estimate of drug-likeness (QED) is 0.771. The van der Waals surface area contributed by atoms with E-state index in [4.69, 9.17) is 4.74 Å². The van der Waals surface area contributed by atoms with Gasteiger partial charge in [-0.1, -0.05) is 6.07 Å². The summed E-state index contributed by atoms with van der Waals surface area (Å²) >= 11 is 1.61. The molecule has 2 aliphatic rings. The van der Waals surface area contributed by atoms with E-state index in [1.807, 2.05) is 33.4 Å². The molecule has 1 N–H and O–H groups in total. The number of aromatic nitrogens is 2. The Labute approximate surface area is 174 Å². The number of rotatable bonds is 6. The van der Waals surface area contributed by atoms with Crippen LogP contribution in [-0.2, 0) is 9.53 Å². The minimum atomic E-state index is -0.0716. The number of H-pyrrole nitrogens is 1. The molecule has 1 unspecified atom stereocenters. The summed E-state index contributed by atoms with van der Waals surface area (Å²) in [7, 11) is 1.65. The molecular formula is C20H27N5O3S. The van der Waals surface area contributed by atoms with Crippen molar-refractivity contribution in [3.05, 3.63) is 29.3 Å². The Morgan fingerprint density at radius 3 is 3.00 bits per heavy atom. The van der Waals surface area contributed by atoms with E-state index in [1.54, 1.807) is 18.4 Å². The molecule has 2 saturated heterocycles. The van der Waals surface area contributed by atoms with Gasteiger partial charge in [-0.15, -0.1) is 11.3 Å². The van der Waals surface area contributed by atoms with Gasteiger partial charge in [0.05, 0.1) is 23.2 Å². The highest BCUT2D eigenvalue weighted by molar-refractivity contribution is 7.13. The lowest BCUT2D eigenvalue weighted by molar-refractivity contribution is -0.132. The fourth-order valence-corrected chi connectivity index (χ4v) is 4.78. The molecule has 156 valence electrons. The standard InChI is InChI=1S/C20H27N5O3S/c1-28-12-11-25-8-5-17(20(25)27)23-6-3-7-24(10-9-23)19(26)16-14-15(21-22-16)18-4-2-13-29-18/h2,4,13-14,17H,3,5-12H2,1H3,(H,21,22). The summed E-state index contributed by atoms with van der Waals surface area (Å²) in [5.41, 5.74) is 1.32. The van der Waals surface area contributed by atoms with Crippen molar-refractivity contribution in [2.75, 3.05) is 53.0 Å². The van der Waals surface area contributed by atoms with Crippen LogP contribution in [-0.4, -0.2) is 95.7 Å². The molecule has 0 aromatic carbocycles. The lowest BCUT2D eigenvalue weighted by atomic mass is 10.2. The van der Waals surface area contributed by atoms with Crippen molar-refractivity contribution >= 4 is 23.2 Å². The van der Waals surface area contributed by atoms with Gasteiger partial charge >= 0.3 is 0 Å². The number of amides is 2.